The molecule has 1 N–H and O–H groups in total. The second-order valence-corrected chi connectivity index (χ2v) is 5.72. The number of alkyl halides is 3. The molecule has 3 rings (SSSR count). The number of anilines is 2. The summed E-state index contributed by atoms with van der Waals surface area (Å²) in [6.45, 7) is 1.84. The molecule has 1 aromatic heterocycles. The Balaban J connectivity index is 2.33. The third-order valence-electron chi connectivity index (χ3n) is 4.35. The molecule has 0 radical (unpaired) electrons. The normalized spacial score (nSPS) is 19.7. The molecule has 1 aromatic carbocycles. The van der Waals surface area contributed by atoms with Gasteiger partial charge in [-0.05, 0) is 36.2 Å². The van der Waals surface area contributed by atoms with Crippen molar-refractivity contribution in [3.63, 3.8) is 0 Å². The van der Waals surface area contributed by atoms with Crippen molar-refractivity contribution in [2.75, 3.05) is 5.32 Å². The summed E-state index contributed by atoms with van der Waals surface area (Å²) >= 11 is 0. The molecule has 0 amide bonds. The first-order valence-electron chi connectivity index (χ1n) is 7.49. The Morgan fingerprint density at radius 3 is 2.65 bits per heavy atom. The van der Waals surface area contributed by atoms with Crippen LogP contribution in [0.3, 0.4) is 0 Å². The largest absolute Gasteiger partial charge is 0.402 e. The van der Waals surface area contributed by atoms with E-state index in [2.05, 4.69) is 10.3 Å². The fraction of sp³-hybridized carbons (Fsp3) is 0.353. The molecule has 2 nitrogen and oxygen atoms in total. The van der Waals surface area contributed by atoms with Crippen LogP contribution in [0.25, 0.3) is 0 Å². The number of benzene rings is 1. The molecule has 0 saturated heterocycles. The fourth-order valence-corrected chi connectivity index (χ4v) is 3.26. The van der Waals surface area contributed by atoms with Crippen LogP contribution < -0.4 is 5.32 Å². The third-order valence-corrected chi connectivity index (χ3v) is 4.35. The molecular formula is C17H16F4N2. The summed E-state index contributed by atoms with van der Waals surface area (Å²) in [6.07, 6.45) is -2.25. The van der Waals surface area contributed by atoms with E-state index < -0.39 is 17.4 Å². The Morgan fingerprint density at radius 1 is 1.17 bits per heavy atom. The molecule has 122 valence electrons. The van der Waals surface area contributed by atoms with E-state index in [4.69, 9.17) is 0 Å². The van der Waals surface area contributed by atoms with E-state index in [0.717, 1.165) is 12.1 Å². The van der Waals surface area contributed by atoms with Gasteiger partial charge in [0.2, 0.25) is 0 Å². The van der Waals surface area contributed by atoms with E-state index in [0.29, 0.717) is 12.8 Å². The fourth-order valence-electron chi connectivity index (χ4n) is 3.26. The lowest BCUT2D eigenvalue weighted by Gasteiger charge is -2.41. The Kier molecular flexibility index (Phi) is 3.78. The zero-order valence-corrected chi connectivity index (χ0v) is 12.5. The highest BCUT2D eigenvalue weighted by Gasteiger charge is 2.59. The van der Waals surface area contributed by atoms with E-state index in [1.165, 1.54) is 24.4 Å². The van der Waals surface area contributed by atoms with Gasteiger partial charge in [-0.1, -0.05) is 25.8 Å². The van der Waals surface area contributed by atoms with Crippen LogP contribution in [0.4, 0.5) is 29.1 Å². The van der Waals surface area contributed by atoms with Crippen molar-refractivity contribution in [1.82, 2.24) is 4.98 Å². The van der Waals surface area contributed by atoms with E-state index in [-0.39, 0.29) is 29.1 Å². The Hall–Kier alpha value is -2.11. The van der Waals surface area contributed by atoms with Crippen molar-refractivity contribution in [3.05, 3.63) is 53.5 Å². The van der Waals surface area contributed by atoms with Crippen molar-refractivity contribution in [3.8, 4) is 0 Å². The zero-order chi connectivity index (χ0) is 16.7. The van der Waals surface area contributed by atoms with Gasteiger partial charge in [0, 0.05) is 17.4 Å². The highest BCUT2D eigenvalue weighted by Crippen LogP contribution is 2.56. The molecule has 1 aliphatic heterocycles. The van der Waals surface area contributed by atoms with Gasteiger partial charge < -0.3 is 5.32 Å². The number of nitrogens with one attached hydrogen (secondary N) is 1. The van der Waals surface area contributed by atoms with Gasteiger partial charge in [-0.25, -0.2) is 9.37 Å². The van der Waals surface area contributed by atoms with Crippen LogP contribution >= 0.6 is 0 Å². The number of hydrogen-bond acceptors (Lipinski definition) is 2. The number of pyridine rings is 1. The van der Waals surface area contributed by atoms with Gasteiger partial charge in [0.15, 0.2) is 0 Å². The van der Waals surface area contributed by atoms with E-state index in [1.807, 2.05) is 6.92 Å². The lowest BCUT2D eigenvalue weighted by Crippen LogP contribution is -2.46. The molecular weight excluding hydrogens is 308 g/mol. The minimum absolute atomic E-state index is 0.0547. The minimum atomic E-state index is -4.55. The molecule has 0 saturated carbocycles. The van der Waals surface area contributed by atoms with Crippen molar-refractivity contribution in [2.45, 2.75) is 37.8 Å². The second kappa shape index (κ2) is 5.51. The van der Waals surface area contributed by atoms with Crippen molar-refractivity contribution >= 4 is 11.5 Å². The predicted octanol–water partition coefficient (Wildman–Crippen LogP) is 5.32. The second-order valence-electron chi connectivity index (χ2n) is 5.72. The van der Waals surface area contributed by atoms with Gasteiger partial charge in [-0.15, -0.1) is 0 Å². The summed E-state index contributed by atoms with van der Waals surface area (Å²) in [7, 11) is 0. The number of hydrogen-bond donors (Lipinski definition) is 1. The highest BCUT2D eigenvalue weighted by molar-refractivity contribution is 5.74. The molecule has 0 aliphatic carbocycles. The van der Waals surface area contributed by atoms with Gasteiger partial charge in [0.1, 0.15) is 17.1 Å². The van der Waals surface area contributed by atoms with Gasteiger partial charge in [-0.2, -0.15) is 13.2 Å². The average Bonchev–Trinajstić information content (AvgIpc) is 2.50. The topological polar surface area (TPSA) is 24.9 Å². The Labute approximate surface area is 131 Å². The van der Waals surface area contributed by atoms with Crippen LogP contribution in [-0.4, -0.2) is 11.2 Å². The van der Waals surface area contributed by atoms with Gasteiger partial charge in [0.05, 0.1) is 0 Å². The third kappa shape index (κ3) is 2.36. The Bertz CT molecular complexity index is 727. The van der Waals surface area contributed by atoms with Crippen LogP contribution in [0.5, 0.6) is 0 Å². The maximum Gasteiger partial charge on any atom is 0.402 e. The summed E-state index contributed by atoms with van der Waals surface area (Å²) < 4.78 is 56.4. The summed E-state index contributed by atoms with van der Waals surface area (Å²) in [4.78, 5) is 4.05. The number of unbranched alkanes of at least 4 members (excludes halogenated alkanes) is 1. The van der Waals surface area contributed by atoms with Gasteiger partial charge in [0.25, 0.3) is 0 Å². The molecule has 6 heteroatoms. The smallest absolute Gasteiger partial charge is 0.340 e. The van der Waals surface area contributed by atoms with Crippen molar-refractivity contribution in [1.29, 1.82) is 0 Å². The van der Waals surface area contributed by atoms with E-state index >= 15 is 0 Å². The number of nitrogens with zero attached hydrogens (tertiary/aromatic N) is 1. The van der Waals surface area contributed by atoms with Crippen molar-refractivity contribution in [2.24, 2.45) is 0 Å². The lowest BCUT2D eigenvalue weighted by atomic mass is 9.68. The van der Waals surface area contributed by atoms with Crippen LogP contribution in [0, 0.1) is 5.82 Å². The SMILES string of the molecule is CCCCC1(C(F)(F)F)c2cc(F)ccc2Nc2ncccc21. The molecule has 0 bridgehead atoms. The Morgan fingerprint density at radius 2 is 1.96 bits per heavy atom. The van der Waals surface area contributed by atoms with Crippen LogP contribution in [0.15, 0.2) is 36.5 Å². The highest BCUT2D eigenvalue weighted by atomic mass is 19.4. The monoisotopic (exact) mass is 324 g/mol. The van der Waals surface area contributed by atoms with E-state index in [9.17, 15) is 17.6 Å². The van der Waals surface area contributed by atoms with Gasteiger partial charge >= 0.3 is 6.18 Å². The molecule has 0 spiro atoms. The lowest BCUT2D eigenvalue weighted by molar-refractivity contribution is -0.180. The van der Waals surface area contributed by atoms with Crippen molar-refractivity contribution < 1.29 is 17.6 Å². The van der Waals surface area contributed by atoms with Gasteiger partial charge in [-0.3, -0.25) is 0 Å². The zero-order valence-electron chi connectivity index (χ0n) is 12.5. The first-order chi connectivity index (χ1) is 10.9. The number of aromatic nitrogens is 1. The summed E-state index contributed by atoms with van der Waals surface area (Å²) in [5, 5.41) is 2.89. The molecule has 0 fully saturated rings. The number of fused-ring (bicyclic) bond motifs is 2. The summed E-state index contributed by atoms with van der Waals surface area (Å²) in [6, 6.07) is 6.39. The quantitative estimate of drug-likeness (QED) is 0.773. The predicted molar refractivity (Wildman–Crippen MR) is 80.3 cm³/mol. The molecule has 1 atom stereocenters. The maximum atomic E-state index is 14.2. The standard InChI is InChI=1S/C17H16F4N2/c1-2-3-8-16(17(19,20)21)12-5-4-9-22-15(12)23-14-7-6-11(18)10-13(14)16/h4-7,9-10H,2-3,8H2,1H3,(H,22,23). The number of halogens is 4. The van der Waals surface area contributed by atoms with Crippen LogP contribution in [-0.2, 0) is 5.41 Å². The maximum absolute atomic E-state index is 14.2. The first-order valence-corrected chi connectivity index (χ1v) is 7.49. The molecule has 2 heterocycles. The molecule has 1 aliphatic rings. The molecule has 1 unspecified atom stereocenters. The summed E-state index contributed by atoms with van der Waals surface area (Å²) in [5.74, 6) is -0.497. The van der Waals surface area contributed by atoms with Crippen LogP contribution in [0.2, 0.25) is 0 Å². The molecule has 2 aromatic rings. The first kappa shape index (κ1) is 15.8. The van der Waals surface area contributed by atoms with E-state index in [1.54, 1.807) is 0 Å². The van der Waals surface area contributed by atoms with Crippen LogP contribution in [0.1, 0.15) is 37.3 Å². The minimum Gasteiger partial charge on any atom is -0.340 e. The summed E-state index contributed by atoms with van der Waals surface area (Å²) in [5.41, 5.74) is -2.00. The molecule has 23 heavy (non-hydrogen) atoms. The number of rotatable bonds is 3. The average molecular weight is 324 g/mol.